The van der Waals surface area contributed by atoms with Gasteiger partial charge >= 0.3 is 0 Å². The van der Waals surface area contributed by atoms with E-state index in [9.17, 15) is 0 Å². The maximum absolute atomic E-state index is 4.43. The minimum absolute atomic E-state index is 0.583. The number of benzene rings is 3. The lowest BCUT2D eigenvalue weighted by atomic mass is 10.0. The van der Waals surface area contributed by atoms with Crippen molar-refractivity contribution in [2.75, 3.05) is 0 Å². The van der Waals surface area contributed by atoms with Crippen LogP contribution in [-0.4, -0.2) is 24.5 Å². The van der Waals surface area contributed by atoms with Crippen LogP contribution >= 0.6 is 11.3 Å². The van der Waals surface area contributed by atoms with Crippen LogP contribution in [0.15, 0.2) is 67.0 Å². The van der Waals surface area contributed by atoms with Crippen molar-refractivity contribution in [2.24, 2.45) is 14.1 Å². The summed E-state index contributed by atoms with van der Waals surface area (Å²) in [6, 6.07) is 19.6. The van der Waals surface area contributed by atoms with E-state index in [1.165, 1.54) is 43.2 Å². The normalized spacial score (nSPS) is 11.4. The van der Waals surface area contributed by atoms with E-state index in [2.05, 4.69) is 118 Å². The highest BCUT2D eigenvalue weighted by molar-refractivity contribution is 7.18. The Kier molecular flexibility index (Phi) is 8.86. The first-order valence-corrected chi connectivity index (χ1v) is 14.6. The Hall–Kier alpha value is -3.51. The molecule has 0 aliphatic rings. The molecule has 0 aliphatic heterocycles. The fourth-order valence-electron chi connectivity index (χ4n) is 4.48. The van der Waals surface area contributed by atoms with E-state index >= 15 is 0 Å². The summed E-state index contributed by atoms with van der Waals surface area (Å²) >= 11 is 1.77. The Morgan fingerprint density at radius 2 is 1.15 bits per heavy atom. The molecule has 0 aliphatic carbocycles. The van der Waals surface area contributed by atoms with Crippen molar-refractivity contribution in [3.63, 3.8) is 0 Å². The van der Waals surface area contributed by atoms with Gasteiger partial charge in [-0.1, -0.05) is 65.8 Å². The Morgan fingerprint density at radius 1 is 0.615 bits per heavy atom. The molecule has 3 heterocycles. The van der Waals surface area contributed by atoms with E-state index in [-0.39, 0.29) is 0 Å². The zero-order chi connectivity index (χ0) is 28.3. The molecule has 0 spiro atoms. The summed E-state index contributed by atoms with van der Waals surface area (Å²) in [6.07, 6.45) is 3.82. The average Bonchev–Trinajstić information content (AvgIpc) is 3.59. The monoisotopic (exact) mass is 539 g/mol. The molecule has 0 atom stereocenters. The first-order valence-electron chi connectivity index (χ1n) is 13.7. The van der Waals surface area contributed by atoms with E-state index < -0.39 is 0 Å². The molecule has 5 nitrogen and oxygen atoms in total. The molecule has 3 aromatic heterocycles. The van der Waals surface area contributed by atoms with Gasteiger partial charge in [-0.05, 0) is 71.7 Å². The van der Waals surface area contributed by atoms with Crippen molar-refractivity contribution in [2.45, 2.75) is 66.2 Å². The summed E-state index contributed by atoms with van der Waals surface area (Å²) in [5.74, 6) is 1.77. The smallest absolute Gasteiger partial charge is 0.0907 e. The third-order valence-corrected chi connectivity index (χ3v) is 8.00. The molecule has 6 heteroatoms. The molecule has 0 N–H and O–H groups in total. The fraction of sp³-hybridized carbons (Fsp3) is 0.364. The first-order chi connectivity index (χ1) is 18.5. The van der Waals surface area contributed by atoms with Crippen LogP contribution in [0.3, 0.4) is 0 Å². The predicted molar refractivity (Wildman–Crippen MR) is 168 cm³/mol. The Labute approximate surface area is 236 Å². The quantitative estimate of drug-likeness (QED) is 0.225. The average molecular weight is 540 g/mol. The van der Waals surface area contributed by atoms with Gasteiger partial charge in [0.2, 0.25) is 0 Å². The van der Waals surface area contributed by atoms with E-state index in [0.717, 1.165) is 10.5 Å². The van der Waals surface area contributed by atoms with Gasteiger partial charge in [0, 0.05) is 24.9 Å². The van der Waals surface area contributed by atoms with E-state index in [0.29, 0.717) is 17.8 Å². The van der Waals surface area contributed by atoms with Crippen molar-refractivity contribution >= 4 is 43.4 Å². The van der Waals surface area contributed by atoms with Crippen LogP contribution in [0.2, 0.25) is 0 Å². The summed E-state index contributed by atoms with van der Waals surface area (Å²) in [7, 11) is 3.95. The molecule has 0 bridgehead atoms. The van der Waals surface area contributed by atoms with E-state index in [1.54, 1.807) is 11.3 Å². The number of rotatable bonds is 3. The maximum atomic E-state index is 4.43. The molecule has 6 aromatic rings. The van der Waals surface area contributed by atoms with E-state index in [4.69, 9.17) is 0 Å². The van der Waals surface area contributed by atoms with Crippen molar-refractivity contribution in [1.82, 2.24) is 24.5 Å². The third kappa shape index (κ3) is 6.74. The van der Waals surface area contributed by atoms with Crippen LogP contribution in [0, 0.1) is 6.92 Å². The first kappa shape index (κ1) is 28.5. The van der Waals surface area contributed by atoms with Gasteiger partial charge in [-0.2, -0.15) is 10.2 Å². The number of nitrogens with zero attached hydrogens (tertiary/aromatic N) is 5. The van der Waals surface area contributed by atoms with Crippen LogP contribution in [0.5, 0.6) is 0 Å². The minimum Gasteiger partial charge on any atom is -0.268 e. The zero-order valence-corrected chi connectivity index (χ0v) is 25.5. The lowest BCUT2D eigenvalue weighted by Crippen LogP contribution is -1.91. The SMILES string of the molecule is CC(C)c1ccc2c(cnn2C)c1.CC(C)c1ccc2cnn(C)c2c1.Cc1nc2ccc(C(C)C)cc2s1. The minimum atomic E-state index is 0.583. The van der Waals surface area contributed by atoms with Gasteiger partial charge < -0.3 is 0 Å². The second kappa shape index (κ2) is 12.1. The molecule has 6 rings (SSSR count). The van der Waals surface area contributed by atoms with Crippen LogP contribution < -0.4 is 0 Å². The van der Waals surface area contributed by atoms with Crippen LogP contribution in [-0.2, 0) is 14.1 Å². The molecule has 0 saturated heterocycles. The van der Waals surface area contributed by atoms with Crippen LogP contribution in [0.1, 0.15) is 81.0 Å². The molecular weight excluding hydrogens is 498 g/mol. The van der Waals surface area contributed by atoms with Crippen molar-refractivity contribution in [3.8, 4) is 0 Å². The molecular formula is C33H41N5S. The second-order valence-corrected chi connectivity index (χ2v) is 12.3. The number of aromatic nitrogens is 5. The lowest BCUT2D eigenvalue weighted by molar-refractivity contribution is 0.794. The zero-order valence-electron chi connectivity index (χ0n) is 24.7. The summed E-state index contributed by atoms with van der Waals surface area (Å²) in [5.41, 5.74) is 7.69. The largest absolute Gasteiger partial charge is 0.268 e. The van der Waals surface area contributed by atoms with Gasteiger partial charge in [-0.15, -0.1) is 11.3 Å². The molecule has 0 unspecified atom stereocenters. The second-order valence-electron chi connectivity index (χ2n) is 11.1. The Bertz CT molecular complexity index is 1660. The van der Waals surface area contributed by atoms with Gasteiger partial charge in [0.25, 0.3) is 0 Å². The van der Waals surface area contributed by atoms with Gasteiger partial charge in [-0.25, -0.2) is 4.98 Å². The standard InChI is InChI=1S/2C11H14N2.C11H13NS/c1-8(2)9-4-5-11-10(6-9)7-12-13(11)3;1-8(2)9-4-5-10-7-12-13(3)11(10)6-9;1-7(2)9-4-5-10-11(6-9)13-8(3)12-10/h2*4-8H,1-3H3;4-7H,1-3H3. The van der Waals surface area contributed by atoms with E-state index in [1.807, 2.05) is 35.9 Å². The van der Waals surface area contributed by atoms with Crippen molar-refractivity contribution in [1.29, 1.82) is 0 Å². The lowest BCUT2D eigenvalue weighted by Gasteiger charge is -2.04. The molecule has 0 fully saturated rings. The summed E-state index contributed by atoms with van der Waals surface area (Å²) < 4.78 is 5.13. The van der Waals surface area contributed by atoms with Gasteiger partial charge in [0.05, 0.1) is 38.7 Å². The molecule has 0 amide bonds. The molecule has 3 aromatic carbocycles. The maximum Gasteiger partial charge on any atom is 0.0907 e. The predicted octanol–water partition coefficient (Wildman–Crippen LogP) is 9.12. The number of fused-ring (bicyclic) bond motifs is 3. The van der Waals surface area contributed by atoms with Gasteiger partial charge in [0.1, 0.15) is 0 Å². The Morgan fingerprint density at radius 3 is 1.82 bits per heavy atom. The summed E-state index contributed by atoms with van der Waals surface area (Å²) in [4.78, 5) is 4.43. The highest BCUT2D eigenvalue weighted by Gasteiger charge is 2.05. The number of hydrogen-bond acceptors (Lipinski definition) is 4. The van der Waals surface area contributed by atoms with Crippen LogP contribution in [0.4, 0.5) is 0 Å². The highest BCUT2D eigenvalue weighted by atomic mass is 32.1. The van der Waals surface area contributed by atoms with Crippen LogP contribution in [0.25, 0.3) is 32.0 Å². The van der Waals surface area contributed by atoms with Gasteiger partial charge in [0.15, 0.2) is 0 Å². The number of thiazole rings is 1. The summed E-state index contributed by atoms with van der Waals surface area (Å²) in [5, 5.41) is 12.0. The van der Waals surface area contributed by atoms with Crippen molar-refractivity contribution < 1.29 is 0 Å². The molecule has 39 heavy (non-hydrogen) atoms. The fourth-order valence-corrected chi connectivity index (χ4v) is 5.35. The van der Waals surface area contributed by atoms with Crippen molar-refractivity contribution in [3.05, 3.63) is 88.7 Å². The third-order valence-electron chi connectivity index (χ3n) is 7.06. The highest BCUT2D eigenvalue weighted by Crippen LogP contribution is 2.26. The Balaban J connectivity index is 0.000000136. The molecule has 204 valence electrons. The number of aryl methyl sites for hydroxylation is 3. The molecule has 0 saturated carbocycles. The summed E-state index contributed by atoms with van der Waals surface area (Å²) in [6.45, 7) is 15.3. The van der Waals surface area contributed by atoms with Gasteiger partial charge in [-0.3, -0.25) is 9.36 Å². The topological polar surface area (TPSA) is 48.5 Å². The number of hydrogen-bond donors (Lipinski definition) is 0. The molecule has 0 radical (unpaired) electrons.